The largest absolute Gasteiger partial charge is 0.494 e. The smallest absolute Gasteiger partial charge is 0.251 e. The third-order valence-electron chi connectivity index (χ3n) is 6.85. The van der Waals surface area contributed by atoms with Crippen LogP contribution < -0.4 is 20.7 Å². The average molecular weight is 464 g/mol. The third-order valence-corrected chi connectivity index (χ3v) is 6.85. The van der Waals surface area contributed by atoms with Gasteiger partial charge in [-0.15, -0.1) is 0 Å². The van der Waals surface area contributed by atoms with E-state index in [1.165, 1.54) is 26.0 Å². The Morgan fingerprint density at radius 1 is 1.21 bits per heavy atom. The number of hydrogen-bond donors (Lipinski definition) is 3. The van der Waals surface area contributed by atoms with Crippen LogP contribution in [0.5, 0.6) is 5.75 Å². The van der Waals surface area contributed by atoms with Crippen molar-refractivity contribution in [3.63, 3.8) is 0 Å². The average Bonchev–Trinajstić information content (AvgIpc) is 3.57. The summed E-state index contributed by atoms with van der Waals surface area (Å²) in [5.41, 5.74) is 1.92. The summed E-state index contributed by atoms with van der Waals surface area (Å²) in [6.45, 7) is 3.02. The highest BCUT2D eigenvalue weighted by Gasteiger charge is 2.29. The summed E-state index contributed by atoms with van der Waals surface area (Å²) >= 11 is 0. The number of rotatable bonds is 8. The zero-order valence-corrected chi connectivity index (χ0v) is 19.5. The van der Waals surface area contributed by atoms with Gasteiger partial charge in [0.1, 0.15) is 0 Å². The van der Waals surface area contributed by atoms with E-state index < -0.39 is 5.82 Å². The number of hydrogen-bond acceptors (Lipinski definition) is 6. The predicted octanol–water partition coefficient (Wildman–Crippen LogP) is 4.21. The molecule has 2 aromatic carbocycles. The molecule has 3 aromatic rings. The molecule has 0 radical (unpaired) electrons. The van der Waals surface area contributed by atoms with E-state index in [4.69, 9.17) is 4.74 Å². The van der Waals surface area contributed by atoms with Crippen molar-refractivity contribution in [2.75, 3.05) is 19.0 Å². The highest BCUT2D eigenvalue weighted by Crippen LogP contribution is 2.33. The second kappa shape index (κ2) is 9.54. The number of halogens is 1. The van der Waals surface area contributed by atoms with Crippen LogP contribution in [0.1, 0.15) is 54.6 Å². The molecule has 1 amide bonds. The van der Waals surface area contributed by atoms with Gasteiger partial charge in [-0.2, -0.15) is 0 Å². The number of benzene rings is 2. The fourth-order valence-corrected chi connectivity index (χ4v) is 4.66. The first-order valence-electron chi connectivity index (χ1n) is 11.9. The fourth-order valence-electron chi connectivity index (χ4n) is 4.66. The van der Waals surface area contributed by atoms with Gasteiger partial charge in [-0.05, 0) is 74.9 Å². The van der Waals surface area contributed by atoms with Crippen molar-refractivity contribution in [2.45, 2.75) is 50.7 Å². The Hall–Kier alpha value is -3.26. The van der Waals surface area contributed by atoms with E-state index in [2.05, 4.69) is 32.8 Å². The van der Waals surface area contributed by atoms with Crippen LogP contribution in [0.2, 0.25) is 0 Å². The molecule has 1 saturated carbocycles. The number of nitrogens with one attached hydrogen (secondary N) is 3. The fraction of sp³-hybridized carbons (Fsp3) is 0.423. The number of amides is 1. The van der Waals surface area contributed by atoms with E-state index in [1.54, 1.807) is 30.5 Å². The van der Waals surface area contributed by atoms with E-state index in [0.717, 1.165) is 24.8 Å². The Labute approximate surface area is 198 Å². The molecular formula is C26H30FN5O2. The lowest BCUT2D eigenvalue weighted by Crippen LogP contribution is -2.41. The molecule has 1 aromatic heterocycles. The first-order chi connectivity index (χ1) is 16.5. The Balaban J connectivity index is 1.38. The predicted molar refractivity (Wildman–Crippen MR) is 130 cm³/mol. The molecule has 8 heteroatoms. The van der Waals surface area contributed by atoms with Crippen LogP contribution in [-0.4, -0.2) is 41.6 Å². The maximum atomic E-state index is 14.4. The maximum absolute atomic E-state index is 14.4. The van der Waals surface area contributed by atoms with E-state index in [1.807, 2.05) is 6.07 Å². The summed E-state index contributed by atoms with van der Waals surface area (Å²) in [5, 5.41) is 10.8. The molecule has 0 spiro atoms. The van der Waals surface area contributed by atoms with Gasteiger partial charge in [-0.1, -0.05) is 12.1 Å². The van der Waals surface area contributed by atoms with Gasteiger partial charge in [-0.25, -0.2) is 14.4 Å². The molecule has 3 atom stereocenters. The summed E-state index contributed by atoms with van der Waals surface area (Å²) in [5.74, 6) is 0.769. The normalized spacial score (nSPS) is 19.6. The Bertz CT molecular complexity index is 1190. The van der Waals surface area contributed by atoms with Crippen LogP contribution in [0.3, 0.4) is 0 Å². The molecule has 1 aliphatic carbocycles. The minimum atomic E-state index is -0.444. The van der Waals surface area contributed by atoms with Crippen LogP contribution >= 0.6 is 0 Å². The van der Waals surface area contributed by atoms with Crippen LogP contribution in [-0.2, 0) is 0 Å². The van der Waals surface area contributed by atoms with Crippen molar-refractivity contribution in [1.82, 2.24) is 20.6 Å². The number of anilines is 1. The molecule has 2 aliphatic rings. The summed E-state index contributed by atoms with van der Waals surface area (Å²) < 4.78 is 19.5. The second-order valence-electron chi connectivity index (χ2n) is 9.29. The van der Waals surface area contributed by atoms with Gasteiger partial charge in [0, 0.05) is 29.2 Å². The standard InChI is InChI=1S/C26H30FN5O2/c1-15(16-5-6-16)30-26-29-14-19-8-7-18(13-22(19)31-26)25(33)32-24(21-4-3-11-28-21)17-9-10-23(34-2)20(27)12-17/h7-10,12-16,21,24,28H,3-6,11H2,1-2H3,(H,32,33)(H,29,30,31)/t15-,21+,24-/m1/s1. The van der Waals surface area contributed by atoms with Crippen LogP contribution in [0.25, 0.3) is 10.9 Å². The number of carbonyl (C=O) groups excluding carboxylic acids is 1. The van der Waals surface area contributed by atoms with Crippen molar-refractivity contribution in [2.24, 2.45) is 5.92 Å². The number of nitrogens with zero attached hydrogens (tertiary/aromatic N) is 2. The number of carbonyl (C=O) groups is 1. The topological polar surface area (TPSA) is 88.2 Å². The lowest BCUT2D eigenvalue weighted by molar-refractivity contribution is 0.0928. The van der Waals surface area contributed by atoms with Crippen LogP contribution in [0, 0.1) is 11.7 Å². The second-order valence-corrected chi connectivity index (χ2v) is 9.29. The molecule has 34 heavy (non-hydrogen) atoms. The molecule has 0 unspecified atom stereocenters. The number of aromatic nitrogens is 2. The molecule has 0 bridgehead atoms. The van der Waals surface area contributed by atoms with E-state index in [9.17, 15) is 9.18 Å². The summed E-state index contributed by atoms with van der Waals surface area (Å²) in [6, 6.07) is 10.2. The number of fused-ring (bicyclic) bond motifs is 1. The summed E-state index contributed by atoms with van der Waals surface area (Å²) in [7, 11) is 1.44. The molecule has 1 aliphatic heterocycles. The Morgan fingerprint density at radius 2 is 2.06 bits per heavy atom. The van der Waals surface area contributed by atoms with Crippen molar-refractivity contribution < 1.29 is 13.9 Å². The van der Waals surface area contributed by atoms with Gasteiger partial charge < -0.3 is 20.7 Å². The van der Waals surface area contributed by atoms with Gasteiger partial charge in [0.2, 0.25) is 5.95 Å². The minimum Gasteiger partial charge on any atom is -0.494 e. The summed E-state index contributed by atoms with van der Waals surface area (Å²) in [6.07, 6.45) is 6.16. The third kappa shape index (κ3) is 4.82. The van der Waals surface area contributed by atoms with Gasteiger partial charge in [-0.3, -0.25) is 4.79 Å². The monoisotopic (exact) mass is 463 g/mol. The summed E-state index contributed by atoms with van der Waals surface area (Å²) in [4.78, 5) is 22.3. The lowest BCUT2D eigenvalue weighted by Gasteiger charge is -2.26. The quantitative estimate of drug-likeness (QED) is 0.464. The van der Waals surface area contributed by atoms with Gasteiger partial charge in [0.25, 0.3) is 5.91 Å². The van der Waals surface area contributed by atoms with Crippen molar-refractivity contribution in [1.29, 1.82) is 0 Å². The molecule has 2 heterocycles. The van der Waals surface area contributed by atoms with Crippen molar-refractivity contribution in [3.05, 3.63) is 59.5 Å². The van der Waals surface area contributed by atoms with E-state index in [0.29, 0.717) is 34.6 Å². The van der Waals surface area contributed by atoms with Crippen molar-refractivity contribution in [3.8, 4) is 5.75 Å². The molecule has 178 valence electrons. The highest BCUT2D eigenvalue weighted by atomic mass is 19.1. The van der Waals surface area contributed by atoms with E-state index >= 15 is 0 Å². The molecule has 1 saturated heterocycles. The number of ether oxygens (including phenoxy) is 1. The zero-order valence-electron chi connectivity index (χ0n) is 19.5. The number of methoxy groups -OCH3 is 1. The zero-order chi connectivity index (χ0) is 23.7. The Morgan fingerprint density at radius 3 is 2.76 bits per heavy atom. The molecule has 2 fully saturated rings. The molecule has 3 N–H and O–H groups in total. The van der Waals surface area contributed by atoms with E-state index in [-0.39, 0.29) is 23.7 Å². The van der Waals surface area contributed by atoms with Gasteiger partial charge >= 0.3 is 0 Å². The molecule has 7 nitrogen and oxygen atoms in total. The molecule has 5 rings (SSSR count). The van der Waals surface area contributed by atoms with Crippen molar-refractivity contribution >= 4 is 22.8 Å². The van der Waals surface area contributed by atoms with Crippen LogP contribution in [0.4, 0.5) is 10.3 Å². The molecular weight excluding hydrogens is 433 g/mol. The maximum Gasteiger partial charge on any atom is 0.251 e. The first kappa shape index (κ1) is 22.5. The first-order valence-corrected chi connectivity index (χ1v) is 11.9. The van der Waals surface area contributed by atoms with Crippen LogP contribution in [0.15, 0.2) is 42.6 Å². The van der Waals surface area contributed by atoms with Gasteiger partial charge in [0.15, 0.2) is 11.6 Å². The Kier molecular flexibility index (Phi) is 6.32. The van der Waals surface area contributed by atoms with Gasteiger partial charge in [0.05, 0.1) is 18.7 Å². The highest BCUT2D eigenvalue weighted by molar-refractivity contribution is 5.98. The SMILES string of the molecule is COc1ccc([C@@H](NC(=O)c2ccc3cnc(N[C@H](C)C4CC4)nc3c2)[C@@H]2CCCN2)cc1F. The lowest BCUT2D eigenvalue weighted by atomic mass is 9.97. The minimum absolute atomic E-state index is 0.0271.